The number of H-pyrrole nitrogens is 1. The van der Waals surface area contributed by atoms with E-state index in [0.717, 1.165) is 5.56 Å². The van der Waals surface area contributed by atoms with Crippen LogP contribution >= 0.6 is 0 Å². The van der Waals surface area contributed by atoms with E-state index < -0.39 is 11.6 Å². The second-order valence-electron chi connectivity index (χ2n) is 3.67. The van der Waals surface area contributed by atoms with Gasteiger partial charge in [-0.25, -0.2) is 9.78 Å². The van der Waals surface area contributed by atoms with Crippen LogP contribution in [0, 0.1) is 11.3 Å². The Labute approximate surface area is 104 Å². The van der Waals surface area contributed by atoms with E-state index in [4.69, 9.17) is 4.74 Å². The number of nitrogens with one attached hydrogen (secondary N) is 1. The molecule has 0 aliphatic carbocycles. The first-order valence-corrected chi connectivity index (χ1v) is 5.33. The van der Waals surface area contributed by atoms with Crippen LogP contribution in [0.4, 0.5) is 0 Å². The van der Waals surface area contributed by atoms with E-state index in [2.05, 4.69) is 16.0 Å². The van der Waals surface area contributed by atoms with E-state index in [9.17, 15) is 10.1 Å². The molecule has 0 unspecified atom stereocenters. The van der Waals surface area contributed by atoms with Crippen LogP contribution in [0.1, 0.15) is 17.2 Å². The molecular weight excluding hydrogens is 230 g/mol. The average Bonchev–Trinajstić information content (AvgIpc) is 2.40. The van der Waals surface area contributed by atoms with E-state index >= 15 is 0 Å². The molecule has 1 atom stereocenters. The fraction of sp³-hybridized carbons (Fsp3) is 0.154. The highest BCUT2D eigenvalue weighted by molar-refractivity contribution is 5.38. The molecule has 1 aromatic carbocycles. The fourth-order valence-corrected chi connectivity index (χ4v) is 1.70. The Morgan fingerprint density at radius 2 is 2.28 bits per heavy atom. The third-order valence-corrected chi connectivity index (χ3v) is 2.56. The summed E-state index contributed by atoms with van der Waals surface area (Å²) >= 11 is 0. The molecule has 1 heterocycles. The molecule has 0 saturated carbocycles. The Hall–Kier alpha value is -2.61. The van der Waals surface area contributed by atoms with Gasteiger partial charge in [0.05, 0.1) is 13.2 Å². The summed E-state index contributed by atoms with van der Waals surface area (Å²) in [5, 5.41) is 9.25. The van der Waals surface area contributed by atoms with E-state index in [0.29, 0.717) is 11.4 Å². The molecule has 2 aromatic rings. The summed E-state index contributed by atoms with van der Waals surface area (Å²) in [5.41, 5.74) is 0.820. The molecule has 1 aromatic heterocycles. The molecule has 90 valence electrons. The number of rotatable bonds is 3. The van der Waals surface area contributed by atoms with Crippen molar-refractivity contribution in [3.63, 3.8) is 0 Å². The van der Waals surface area contributed by atoms with Gasteiger partial charge in [-0.1, -0.05) is 12.1 Å². The minimum Gasteiger partial charge on any atom is -0.497 e. The summed E-state index contributed by atoms with van der Waals surface area (Å²) in [4.78, 5) is 17.3. The lowest BCUT2D eigenvalue weighted by Gasteiger charge is -2.10. The minimum atomic E-state index is -0.546. The third-order valence-electron chi connectivity index (χ3n) is 2.56. The molecule has 1 N–H and O–H groups in total. The lowest BCUT2D eigenvalue weighted by atomic mass is 9.97. The smallest absolute Gasteiger partial charge is 0.345 e. The maximum atomic E-state index is 11.2. The van der Waals surface area contributed by atoms with Crippen LogP contribution in [-0.2, 0) is 0 Å². The first kappa shape index (κ1) is 11.9. The van der Waals surface area contributed by atoms with Crippen LogP contribution in [0.5, 0.6) is 5.75 Å². The highest BCUT2D eigenvalue weighted by Crippen LogP contribution is 2.24. The van der Waals surface area contributed by atoms with Crippen molar-refractivity contribution in [3.05, 3.63) is 58.3 Å². The van der Waals surface area contributed by atoms with Gasteiger partial charge in [0.2, 0.25) is 0 Å². The Morgan fingerprint density at radius 1 is 1.44 bits per heavy atom. The van der Waals surface area contributed by atoms with Gasteiger partial charge in [-0.2, -0.15) is 5.26 Å². The maximum Gasteiger partial charge on any atom is 0.345 e. The van der Waals surface area contributed by atoms with Crippen molar-refractivity contribution in [2.24, 2.45) is 0 Å². The van der Waals surface area contributed by atoms with E-state index in [1.165, 1.54) is 6.20 Å². The van der Waals surface area contributed by atoms with Crippen molar-refractivity contribution in [2.45, 2.75) is 5.92 Å². The predicted octanol–water partition coefficient (Wildman–Crippen LogP) is 1.43. The molecule has 0 amide bonds. The number of ether oxygens (including phenoxy) is 1. The minimum absolute atomic E-state index is 0.462. The average molecular weight is 241 g/mol. The van der Waals surface area contributed by atoms with Crippen LogP contribution in [0.25, 0.3) is 0 Å². The quantitative estimate of drug-likeness (QED) is 0.881. The number of methoxy groups -OCH3 is 1. The summed E-state index contributed by atoms with van der Waals surface area (Å²) in [6.07, 6.45) is 1.39. The molecule has 0 radical (unpaired) electrons. The molecule has 5 nitrogen and oxygen atoms in total. The van der Waals surface area contributed by atoms with Gasteiger partial charge in [0, 0.05) is 11.9 Å². The van der Waals surface area contributed by atoms with Gasteiger partial charge < -0.3 is 9.72 Å². The van der Waals surface area contributed by atoms with Gasteiger partial charge in [0.15, 0.2) is 0 Å². The molecule has 5 heteroatoms. The number of hydrogen-bond acceptors (Lipinski definition) is 4. The maximum absolute atomic E-state index is 11.2. The summed E-state index contributed by atoms with van der Waals surface area (Å²) in [6.45, 7) is 0. The first-order valence-electron chi connectivity index (χ1n) is 5.33. The molecule has 0 saturated heterocycles. The molecule has 0 fully saturated rings. The zero-order valence-electron chi connectivity index (χ0n) is 9.75. The van der Waals surface area contributed by atoms with E-state index in [1.54, 1.807) is 31.4 Å². The predicted molar refractivity (Wildman–Crippen MR) is 65.3 cm³/mol. The van der Waals surface area contributed by atoms with Crippen molar-refractivity contribution in [3.8, 4) is 11.8 Å². The van der Waals surface area contributed by atoms with Crippen molar-refractivity contribution >= 4 is 0 Å². The molecule has 0 spiro atoms. The van der Waals surface area contributed by atoms with Gasteiger partial charge in [0.25, 0.3) is 0 Å². The van der Waals surface area contributed by atoms with Crippen LogP contribution in [-0.4, -0.2) is 17.1 Å². The monoisotopic (exact) mass is 241 g/mol. The second kappa shape index (κ2) is 5.15. The second-order valence-corrected chi connectivity index (χ2v) is 3.67. The normalized spacial score (nSPS) is 11.6. The van der Waals surface area contributed by atoms with Crippen molar-refractivity contribution < 1.29 is 4.74 Å². The van der Waals surface area contributed by atoms with Gasteiger partial charge in [-0.05, 0) is 23.8 Å². The van der Waals surface area contributed by atoms with Crippen molar-refractivity contribution in [1.29, 1.82) is 5.26 Å². The standard InChI is InChI=1S/C13H11N3O2/c1-18-10-4-2-3-9(7-10)11(8-14)12-5-6-15-13(17)16-12/h2-7,11H,1H3,(H,15,16,17)/t11-/m0/s1. The summed E-state index contributed by atoms with van der Waals surface area (Å²) in [7, 11) is 1.56. The van der Waals surface area contributed by atoms with Gasteiger partial charge >= 0.3 is 5.69 Å². The van der Waals surface area contributed by atoms with E-state index in [1.807, 2.05) is 6.07 Å². The summed E-state index contributed by atoms with van der Waals surface area (Å²) in [5.74, 6) is 0.125. The highest BCUT2D eigenvalue weighted by Gasteiger charge is 2.14. The van der Waals surface area contributed by atoms with Crippen LogP contribution in [0.3, 0.4) is 0 Å². The molecule has 2 rings (SSSR count). The molecular formula is C13H11N3O2. The Bertz CT molecular complexity index is 643. The van der Waals surface area contributed by atoms with Gasteiger partial charge in [-0.3, -0.25) is 0 Å². The van der Waals surface area contributed by atoms with E-state index in [-0.39, 0.29) is 0 Å². The third kappa shape index (κ3) is 2.38. The Kier molecular flexibility index (Phi) is 3.39. The fourth-order valence-electron chi connectivity index (χ4n) is 1.70. The number of aromatic amines is 1. The topological polar surface area (TPSA) is 78.8 Å². The summed E-state index contributed by atoms with van der Waals surface area (Å²) in [6, 6.07) is 11.0. The molecule has 0 aliphatic rings. The number of nitrogens with zero attached hydrogens (tertiary/aromatic N) is 2. The largest absolute Gasteiger partial charge is 0.497 e. The van der Waals surface area contributed by atoms with Crippen LogP contribution in [0.2, 0.25) is 0 Å². The van der Waals surface area contributed by atoms with Crippen LogP contribution < -0.4 is 10.4 Å². The SMILES string of the molecule is COc1cccc([C@H](C#N)c2ccnc(=O)[nH]2)c1. The number of benzene rings is 1. The van der Waals surface area contributed by atoms with Crippen LogP contribution in [0.15, 0.2) is 41.3 Å². The van der Waals surface area contributed by atoms with Crippen molar-refractivity contribution in [2.75, 3.05) is 7.11 Å². The number of nitriles is 1. The molecule has 18 heavy (non-hydrogen) atoms. The lowest BCUT2D eigenvalue weighted by molar-refractivity contribution is 0.414. The molecule has 0 aliphatic heterocycles. The van der Waals surface area contributed by atoms with Crippen molar-refractivity contribution in [1.82, 2.24) is 9.97 Å². The van der Waals surface area contributed by atoms with Gasteiger partial charge in [0.1, 0.15) is 11.7 Å². The molecule has 0 bridgehead atoms. The summed E-state index contributed by atoms with van der Waals surface area (Å²) < 4.78 is 5.12. The first-order chi connectivity index (χ1) is 8.74. The Morgan fingerprint density at radius 3 is 2.94 bits per heavy atom. The highest BCUT2D eigenvalue weighted by atomic mass is 16.5. The Balaban J connectivity index is 2.46. The number of hydrogen-bond donors (Lipinski definition) is 1. The number of aromatic nitrogens is 2. The zero-order chi connectivity index (χ0) is 13.0. The van der Waals surface area contributed by atoms with Gasteiger partial charge in [-0.15, -0.1) is 0 Å². The zero-order valence-corrected chi connectivity index (χ0v) is 9.75. The lowest BCUT2D eigenvalue weighted by Crippen LogP contribution is -2.14.